The van der Waals surface area contributed by atoms with Crippen LogP contribution in [0.15, 0.2) is 29.6 Å². The van der Waals surface area contributed by atoms with Gasteiger partial charge in [0.05, 0.1) is 5.60 Å². The Kier molecular flexibility index (Phi) is 3.52. The highest BCUT2D eigenvalue weighted by molar-refractivity contribution is 7.17. The fourth-order valence-corrected chi connectivity index (χ4v) is 4.31. The van der Waals surface area contributed by atoms with Gasteiger partial charge in [-0.1, -0.05) is 37.5 Å². The molecule has 1 saturated carbocycles. The van der Waals surface area contributed by atoms with E-state index in [1.165, 1.54) is 0 Å². The number of fused-ring (bicyclic) bond motifs is 1. The zero-order valence-electron chi connectivity index (χ0n) is 11.2. The van der Waals surface area contributed by atoms with E-state index in [0.29, 0.717) is 12.8 Å². The molecule has 1 aliphatic rings. The second kappa shape index (κ2) is 5.19. The number of hydrogen-bond donors (Lipinski definition) is 2. The summed E-state index contributed by atoms with van der Waals surface area (Å²) in [7, 11) is 0. The van der Waals surface area contributed by atoms with Crippen LogP contribution in [-0.2, 0) is 4.79 Å². The molecular formula is C16H18O3S. The molecule has 20 heavy (non-hydrogen) atoms. The number of benzene rings is 1. The molecule has 106 valence electrons. The van der Waals surface area contributed by atoms with Gasteiger partial charge in [0.25, 0.3) is 0 Å². The molecule has 0 aliphatic heterocycles. The van der Waals surface area contributed by atoms with Crippen LogP contribution in [0.1, 0.15) is 43.6 Å². The number of aliphatic hydroxyl groups is 1. The van der Waals surface area contributed by atoms with Gasteiger partial charge in [0, 0.05) is 4.70 Å². The van der Waals surface area contributed by atoms with Crippen LogP contribution in [0.2, 0.25) is 0 Å². The first kappa shape index (κ1) is 13.6. The molecule has 2 aromatic rings. The van der Waals surface area contributed by atoms with Gasteiger partial charge < -0.3 is 10.2 Å². The Hall–Kier alpha value is -1.39. The third kappa shape index (κ3) is 2.23. The normalized spacial score (nSPS) is 19.9. The number of hydrogen-bond acceptors (Lipinski definition) is 3. The maximum Gasteiger partial charge on any atom is 0.313 e. The summed E-state index contributed by atoms with van der Waals surface area (Å²) >= 11 is 1.55. The first-order valence-electron chi connectivity index (χ1n) is 7.03. The first-order chi connectivity index (χ1) is 9.62. The van der Waals surface area contributed by atoms with E-state index in [1.807, 2.05) is 29.6 Å². The van der Waals surface area contributed by atoms with Crippen molar-refractivity contribution in [2.24, 2.45) is 0 Å². The van der Waals surface area contributed by atoms with Gasteiger partial charge in [-0.05, 0) is 35.2 Å². The molecule has 1 atom stereocenters. The summed E-state index contributed by atoms with van der Waals surface area (Å²) < 4.78 is 1.08. The number of carbonyl (C=O) groups is 1. The average Bonchev–Trinajstić information content (AvgIpc) is 2.83. The zero-order chi connectivity index (χ0) is 14.2. The van der Waals surface area contributed by atoms with Gasteiger partial charge in [-0.15, -0.1) is 11.3 Å². The van der Waals surface area contributed by atoms with Crippen LogP contribution in [0.3, 0.4) is 0 Å². The lowest BCUT2D eigenvalue weighted by Crippen LogP contribution is -2.42. The van der Waals surface area contributed by atoms with Gasteiger partial charge in [0.15, 0.2) is 0 Å². The van der Waals surface area contributed by atoms with Crippen LogP contribution in [0.4, 0.5) is 0 Å². The van der Waals surface area contributed by atoms with E-state index >= 15 is 0 Å². The summed E-state index contributed by atoms with van der Waals surface area (Å²) in [6.45, 7) is 0. The minimum Gasteiger partial charge on any atom is -0.481 e. The molecule has 0 unspecified atom stereocenters. The molecule has 0 bridgehead atoms. The number of carboxylic acids is 1. The summed E-state index contributed by atoms with van der Waals surface area (Å²) in [5.74, 6) is -1.74. The minimum atomic E-state index is -1.10. The van der Waals surface area contributed by atoms with Gasteiger partial charge in [0.2, 0.25) is 0 Å². The Morgan fingerprint density at radius 3 is 2.60 bits per heavy atom. The van der Waals surface area contributed by atoms with Crippen molar-refractivity contribution >= 4 is 27.4 Å². The van der Waals surface area contributed by atoms with E-state index < -0.39 is 17.5 Å². The van der Waals surface area contributed by atoms with Crippen LogP contribution < -0.4 is 0 Å². The van der Waals surface area contributed by atoms with Crippen molar-refractivity contribution in [1.82, 2.24) is 0 Å². The third-order valence-corrected chi connectivity index (χ3v) is 5.31. The van der Waals surface area contributed by atoms with Crippen LogP contribution in [0, 0.1) is 0 Å². The molecule has 3 rings (SSSR count). The summed E-state index contributed by atoms with van der Waals surface area (Å²) in [4.78, 5) is 11.8. The number of rotatable bonds is 3. The van der Waals surface area contributed by atoms with Crippen molar-refractivity contribution in [1.29, 1.82) is 0 Å². The molecule has 0 amide bonds. The van der Waals surface area contributed by atoms with E-state index in [4.69, 9.17) is 0 Å². The number of carboxylic acid groups (broad SMARTS) is 1. The molecule has 0 radical (unpaired) electrons. The molecule has 1 aliphatic carbocycles. The standard InChI is InChI=1S/C16H18O3S/c17-15(18)14(16(19)8-4-1-5-9-16)12-10-20-13-7-3-2-6-11(12)13/h2-3,6-7,10,14,19H,1,4-5,8-9H2,(H,17,18)/t14-/m0/s1. The summed E-state index contributed by atoms with van der Waals surface area (Å²) in [5, 5.41) is 23.4. The Labute approximate surface area is 121 Å². The Balaban J connectivity index is 2.09. The number of thiophene rings is 1. The lowest BCUT2D eigenvalue weighted by molar-refractivity contribution is -0.147. The number of aliphatic carboxylic acids is 1. The summed E-state index contributed by atoms with van der Waals surface area (Å²) in [5.41, 5.74) is -0.337. The van der Waals surface area contributed by atoms with Gasteiger partial charge in [-0.25, -0.2) is 0 Å². The molecule has 3 nitrogen and oxygen atoms in total. The zero-order valence-corrected chi connectivity index (χ0v) is 12.0. The molecule has 1 fully saturated rings. The molecule has 0 saturated heterocycles. The molecule has 1 aromatic carbocycles. The molecule has 2 N–H and O–H groups in total. The van der Waals surface area contributed by atoms with Crippen molar-refractivity contribution in [2.45, 2.75) is 43.6 Å². The van der Waals surface area contributed by atoms with Crippen molar-refractivity contribution in [3.63, 3.8) is 0 Å². The Morgan fingerprint density at radius 2 is 1.90 bits per heavy atom. The predicted molar refractivity (Wildman–Crippen MR) is 80.2 cm³/mol. The maximum absolute atomic E-state index is 11.8. The minimum absolute atomic E-state index is 0.578. The van der Waals surface area contributed by atoms with Crippen molar-refractivity contribution in [3.8, 4) is 0 Å². The van der Waals surface area contributed by atoms with Gasteiger partial charge >= 0.3 is 5.97 Å². The van der Waals surface area contributed by atoms with Gasteiger partial charge in [-0.3, -0.25) is 4.79 Å². The highest BCUT2D eigenvalue weighted by Gasteiger charge is 2.44. The lowest BCUT2D eigenvalue weighted by atomic mass is 9.73. The van der Waals surface area contributed by atoms with E-state index in [1.54, 1.807) is 11.3 Å². The van der Waals surface area contributed by atoms with E-state index in [2.05, 4.69) is 0 Å². The fraction of sp³-hybridized carbons (Fsp3) is 0.438. The van der Waals surface area contributed by atoms with Gasteiger partial charge in [-0.2, -0.15) is 0 Å². The maximum atomic E-state index is 11.8. The largest absolute Gasteiger partial charge is 0.481 e. The quantitative estimate of drug-likeness (QED) is 0.904. The smallest absolute Gasteiger partial charge is 0.313 e. The van der Waals surface area contributed by atoms with Crippen LogP contribution in [0.5, 0.6) is 0 Å². The molecule has 0 spiro atoms. The fourth-order valence-electron chi connectivity index (χ4n) is 3.33. The van der Waals surface area contributed by atoms with Crippen molar-refractivity contribution in [3.05, 3.63) is 35.2 Å². The predicted octanol–water partition coefficient (Wildman–Crippen LogP) is 3.76. The molecular weight excluding hydrogens is 272 g/mol. The molecule has 1 heterocycles. The summed E-state index contributed by atoms with van der Waals surface area (Å²) in [6.07, 6.45) is 4.05. The van der Waals surface area contributed by atoms with Crippen LogP contribution >= 0.6 is 11.3 Å². The van der Waals surface area contributed by atoms with Crippen molar-refractivity contribution < 1.29 is 15.0 Å². The van der Waals surface area contributed by atoms with Gasteiger partial charge in [0.1, 0.15) is 5.92 Å². The SMILES string of the molecule is O=C(O)[C@H](c1csc2ccccc12)C1(O)CCCCC1. The van der Waals surface area contributed by atoms with Crippen molar-refractivity contribution in [2.75, 3.05) is 0 Å². The average molecular weight is 290 g/mol. The summed E-state index contributed by atoms with van der Waals surface area (Å²) in [6, 6.07) is 7.81. The van der Waals surface area contributed by atoms with E-state index in [9.17, 15) is 15.0 Å². The first-order valence-corrected chi connectivity index (χ1v) is 7.91. The van der Waals surface area contributed by atoms with Crippen LogP contribution in [-0.4, -0.2) is 21.8 Å². The van der Waals surface area contributed by atoms with E-state index in [0.717, 1.165) is 34.9 Å². The Bertz CT molecular complexity index is 625. The lowest BCUT2D eigenvalue weighted by Gasteiger charge is -2.37. The second-order valence-electron chi connectivity index (χ2n) is 5.62. The van der Waals surface area contributed by atoms with E-state index in [-0.39, 0.29) is 0 Å². The molecule has 1 aromatic heterocycles. The monoisotopic (exact) mass is 290 g/mol. The second-order valence-corrected chi connectivity index (χ2v) is 6.53. The molecule has 4 heteroatoms. The Morgan fingerprint density at radius 1 is 1.20 bits per heavy atom. The third-order valence-electron chi connectivity index (χ3n) is 4.33. The highest BCUT2D eigenvalue weighted by atomic mass is 32.1. The highest BCUT2D eigenvalue weighted by Crippen LogP contribution is 2.43. The topological polar surface area (TPSA) is 57.5 Å². The van der Waals surface area contributed by atoms with Crippen LogP contribution in [0.25, 0.3) is 10.1 Å².